The molecule has 3 nitrogen and oxygen atoms in total. The summed E-state index contributed by atoms with van der Waals surface area (Å²) < 4.78 is 6.86. The van der Waals surface area contributed by atoms with Crippen LogP contribution in [0.4, 0.5) is 0 Å². The van der Waals surface area contributed by atoms with Crippen LogP contribution in [0.25, 0.3) is 0 Å². The third kappa shape index (κ3) is 3.96. The molecular weight excluding hydrogens is 336 g/mol. The Labute approximate surface area is 159 Å². The number of nitrogens with zero attached hydrogens (tertiary/aromatic N) is 2. The van der Waals surface area contributed by atoms with Gasteiger partial charge in [-0.1, -0.05) is 56.7 Å². The van der Waals surface area contributed by atoms with Crippen LogP contribution in [0.2, 0.25) is 18.1 Å². The topological polar surface area (TPSA) is 36.3 Å². The van der Waals surface area contributed by atoms with Crippen LogP contribution in [0.1, 0.15) is 45.6 Å². The summed E-state index contributed by atoms with van der Waals surface area (Å²) in [5.41, 5.74) is 2.66. The van der Waals surface area contributed by atoms with E-state index in [1.54, 1.807) is 6.08 Å². The van der Waals surface area contributed by atoms with Gasteiger partial charge in [-0.15, -0.1) is 0 Å². The highest BCUT2D eigenvalue weighted by Crippen LogP contribution is 2.45. The fourth-order valence-electron chi connectivity index (χ4n) is 4.08. The Morgan fingerprint density at radius 3 is 2.54 bits per heavy atom. The molecule has 3 unspecified atom stereocenters. The van der Waals surface area contributed by atoms with Gasteiger partial charge in [0, 0.05) is 24.7 Å². The summed E-state index contributed by atoms with van der Waals surface area (Å²) in [6, 6.07) is 13.9. The molecule has 1 aromatic rings. The fourth-order valence-corrected chi connectivity index (χ4v) is 5.44. The van der Waals surface area contributed by atoms with Crippen LogP contribution in [0.5, 0.6) is 0 Å². The highest BCUT2D eigenvalue weighted by molar-refractivity contribution is 6.74. The van der Waals surface area contributed by atoms with Crippen LogP contribution in [-0.2, 0) is 11.0 Å². The van der Waals surface area contributed by atoms with Crippen molar-refractivity contribution < 1.29 is 4.43 Å². The van der Waals surface area contributed by atoms with Gasteiger partial charge in [0.05, 0.1) is 12.2 Å². The van der Waals surface area contributed by atoms with E-state index in [2.05, 4.69) is 75.2 Å². The Hall–Kier alpha value is -1.41. The summed E-state index contributed by atoms with van der Waals surface area (Å²) in [6.45, 7) is 12.6. The molecule has 2 heterocycles. The highest BCUT2D eigenvalue weighted by Gasteiger charge is 2.49. The SMILES string of the molecule is CC(C)(C)[Si](C)(C)OC1CC2C/C(=C/C#N)CC1N2Cc1ccccc1. The van der Waals surface area contributed by atoms with Gasteiger partial charge in [0.2, 0.25) is 0 Å². The van der Waals surface area contributed by atoms with Crippen molar-refractivity contribution in [3.05, 3.63) is 47.5 Å². The number of fused-ring (bicyclic) bond motifs is 2. The molecule has 4 heteroatoms. The van der Waals surface area contributed by atoms with Gasteiger partial charge < -0.3 is 4.43 Å². The van der Waals surface area contributed by atoms with Gasteiger partial charge in [-0.3, -0.25) is 4.90 Å². The first kappa shape index (κ1) is 19.4. The summed E-state index contributed by atoms with van der Waals surface area (Å²) in [7, 11) is -1.80. The molecule has 26 heavy (non-hydrogen) atoms. The quantitative estimate of drug-likeness (QED) is 0.537. The Bertz CT molecular complexity index is 699. The Morgan fingerprint density at radius 2 is 1.92 bits per heavy atom. The minimum Gasteiger partial charge on any atom is -0.412 e. The molecule has 2 bridgehead atoms. The number of hydrogen-bond donors (Lipinski definition) is 0. The second-order valence-electron chi connectivity index (χ2n) is 9.37. The molecule has 2 aliphatic rings. The van der Waals surface area contributed by atoms with Crippen molar-refractivity contribution in [1.29, 1.82) is 5.26 Å². The number of benzene rings is 1. The number of hydrogen-bond acceptors (Lipinski definition) is 3. The summed E-state index contributed by atoms with van der Waals surface area (Å²) in [5, 5.41) is 9.33. The summed E-state index contributed by atoms with van der Waals surface area (Å²) in [6.07, 6.45) is 5.13. The number of nitriles is 1. The van der Waals surface area contributed by atoms with Crippen molar-refractivity contribution in [2.24, 2.45) is 0 Å². The van der Waals surface area contributed by atoms with E-state index in [1.165, 1.54) is 11.1 Å². The van der Waals surface area contributed by atoms with Gasteiger partial charge in [-0.05, 0) is 43.0 Å². The zero-order chi connectivity index (χ0) is 18.9. The molecule has 2 fully saturated rings. The predicted octanol–water partition coefficient (Wildman–Crippen LogP) is 5.26. The second-order valence-corrected chi connectivity index (χ2v) is 14.1. The minimum atomic E-state index is -1.80. The summed E-state index contributed by atoms with van der Waals surface area (Å²) >= 11 is 0. The van der Waals surface area contributed by atoms with Crippen LogP contribution in [0, 0.1) is 11.3 Å². The van der Waals surface area contributed by atoms with Crippen LogP contribution in [-0.4, -0.2) is 31.4 Å². The van der Waals surface area contributed by atoms with Gasteiger partial charge in [0.25, 0.3) is 0 Å². The maximum absolute atomic E-state index is 9.11. The van der Waals surface area contributed by atoms with Gasteiger partial charge in [0.15, 0.2) is 8.32 Å². The molecular formula is C22H32N2OSi. The molecule has 0 radical (unpaired) electrons. The maximum Gasteiger partial charge on any atom is 0.192 e. The Morgan fingerprint density at radius 1 is 1.23 bits per heavy atom. The smallest absolute Gasteiger partial charge is 0.192 e. The van der Waals surface area contributed by atoms with Crippen LogP contribution >= 0.6 is 0 Å². The van der Waals surface area contributed by atoms with Crippen molar-refractivity contribution in [2.75, 3.05) is 0 Å². The van der Waals surface area contributed by atoms with Crippen molar-refractivity contribution in [3.63, 3.8) is 0 Å². The van der Waals surface area contributed by atoms with E-state index in [1.807, 2.05) is 0 Å². The van der Waals surface area contributed by atoms with E-state index in [4.69, 9.17) is 9.69 Å². The van der Waals surface area contributed by atoms with Crippen molar-refractivity contribution in [1.82, 2.24) is 4.90 Å². The van der Waals surface area contributed by atoms with Crippen LogP contribution in [0.3, 0.4) is 0 Å². The first-order valence-corrected chi connectivity index (χ1v) is 12.7. The average molecular weight is 369 g/mol. The van der Waals surface area contributed by atoms with Crippen LogP contribution < -0.4 is 0 Å². The molecule has 0 aromatic heterocycles. The zero-order valence-corrected chi connectivity index (χ0v) is 17.8. The van der Waals surface area contributed by atoms with Gasteiger partial charge in [0.1, 0.15) is 0 Å². The second kappa shape index (κ2) is 7.30. The van der Waals surface area contributed by atoms with Crippen molar-refractivity contribution in [2.45, 2.75) is 82.9 Å². The van der Waals surface area contributed by atoms with E-state index in [0.717, 1.165) is 25.8 Å². The average Bonchev–Trinajstić information content (AvgIpc) is 2.74. The molecule has 0 saturated carbocycles. The molecule has 0 N–H and O–H groups in total. The normalized spacial score (nSPS) is 28.3. The molecule has 0 spiro atoms. The Balaban J connectivity index is 1.82. The fraction of sp³-hybridized carbons (Fsp3) is 0.591. The zero-order valence-electron chi connectivity index (χ0n) is 16.8. The molecule has 3 atom stereocenters. The van der Waals surface area contributed by atoms with E-state index in [-0.39, 0.29) is 11.1 Å². The van der Waals surface area contributed by atoms with Gasteiger partial charge in [-0.25, -0.2) is 0 Å². The third-order valence-corrected chi connectivity index (χ3v) is 11.0. The lowest BCUT2D eigenvalue weighted by atomic mass is 9.95. The van der Waals surface area contributed by atoms with Gasteiger partial charge in [-0.2, -0.15) is 5.26 Å². The first-order chi connectivity index (χ1) is 12.2. The Kier molecular flexibility index (Phi) is 5.44. The van der Waals surface area contributed by atoms with E-state index >= 15 is 0 Å². The lowest BCUT2D eigenvalue weighted by Crippen LogP contribution is -2.48. The van der Waals surface area contributed by atoms with E-state index in [9.17, 15) is 0 Å². The van der Waals surface area contributed by atoms with Crippen molar-refractivity contribution >= 4 is 8.32 Å². The van der Waals surface area contributed by atoms with Crippen LogP contribution in [0.15, 0.2) is 42.0 Å². The number of rotatable bonds is 4. The molecule has 140 valence electrons. The lowest BCUT2D eigenvalue weighted by Gasteiger charge is -2.41. The predicted molar refractivity (Wildman–Crippen MR) is 109 cm³/mol. The molecule has 0 aliphatic carbocycles. The molecule has 2 aliphatic heterocycles. The molecule has 2 saturated heterocycles. The van der Waals surface area contributed by atoms with E-state index < -0.39 is 8.32 Å². The third-order valence-electron chi connectivity index (χ3n) is 6.53. The van der Waals surface area contributed by atoms with E-state index in [0.29, 0.717) is 12.1 Å². The summed E-state index contributed by atoms with van der Waals surface area (Å²) in [4.78, 5) is 2.64. The highest BCUT2D eigenvalue weighted by atomic mass is 28.4. The molecule has 0 amide bonds. The minimum absolute atomic E-state index is 0.222. The monoisotopic (exact) mass is 368 g/mol. The standard InChI is InChI=1S/C22H32N2OSi/c1-22(2,3)26(4,5)25-21-15-19-13-18(11-12-23)14-20(21)24(19)16-17-9-7-6-8-10-17/h6-11,19-21H,13-16H2,1-5H3/b18-11-. The first-order valence-electron chi connectivity index (χ1n) is 9.76. The van der Waals surface area contributed by atoms with Gasteiger partial charge >= 0.3 is 0 Å². The maximum atomic E-state index is 9.11. The largest absolute Gasteiger partial charge is 0.412 e. The van der Waals surface area contributed by atoms with Crippen molar-refractivity contribution in [3.8, 4) is 6.07 Å². The molecule has 1 aromatic carbocycles. The summed E-state index contributed by atoms with van der Waals surface area (Å²) in [5.74, 6) is 0. The number of piperidine rings is 1. The molecule has 3 rings (SSSR count). The lowest BCUT2D eigenvalue weighted by molar-refractivity contribution is 0.0984. The number of allylic oxidation sites excluding steroid dienone is 1.